The van der Waals surface area contributed by atoms with Crippen LogP contribution in [0.5, 0.6) is 0 Å². The number of rotatable bonds is 16. The van der Waals surface area contributed by atoms with Crippen LogP contribution in [-0.4, -0.2) is 55.8 Å². The first-order valence-corrected chi connectivity index (χ1v) is 13.8. The van der Waals surface area contributed by atoms with Crippen LogP contribution in [0.4, 0.5) is 0 Å². The van der Waals surface area contributed by atoms with Crippen LogP contribution in [0.2, 0.25) is 12.1 Å². The third kappa shape index (κ3) is 13.1. The van der Waals surface area contributed by atoms with Gasteiger partial charge in [0, 0.05) is 37.6 Å². The molecule has 0 aromatic rings. The molecule has 0 aliphatic heterocycles. The molecule has 0 aliphatic rings. The van der Waals surface area contributed by atoms with Gasteiger partial charge in [-0.1, -0.05) is 19.9 Å². The van der Waals surface area contributed by atoms with E-state index < -0.39 is 18.3 Å². The van der Waals surface area contributed by atoms with E-state index in [1.165, 1.54) is 0 Å². The largest absolute Gasteiger partial charge is 0.501 e. The van der Waals surface area contributed by atoms with E-state index >= 15 is 0 Å². The molecule has 5 nitrogen and oxygen atoms in total. The molecule has 0 saturated heterocycles. The Hall–Kier alpha value is 0.234. The predicted molar refractivity (Wildman–Crippen MR) is 109 cm³/mol. The van der Waals surface area contributed by atoms with Gasteiger partial charge in [-0.2, -0.15) is 0 Å². The van der Waals surface area contributed by atoms with Crippen molar-refractivity contribution in [3.8, 4) is 0 Å². The average Bonchev–Trinajstić information content (AvgIpc) is 2.47. The van der Waals surface area contributed by atoms with Gasteiger partial charge < -0.3 is 22.8 Å². The van der Waals surface area contributed by atoms with Crippen LogP contribution in [0, 0.1) is 0 Å². The third-order valence-corrected chi connectivity index (χ3v) is 9.05. The fourth-order valence-electron chi connectivity index (χ4n) is 2.54. The second-order valence-electron chi connectivity index (χ2n) is 7.25. The fraction of sp³-hybridized carbons (Fsp3) is 1.00. The highest BCUT2D eigenvalue weighted by atomic mass is 28.4. The number of hydrogen-bond donors (Lipinski definition) is 0. The van der Waals surface area contributed by atoms with Crippen LogP contribution >= 0.6 is 0 Å². The third-order valence-electron chi connectivity index (χ3n) is 3.18. The first-order valence-electron chi connectivity index (χ1n) is 10.0. The molecule has 0 bridgehead atoms. The van der Waals surface area contributed by atoms with E-state index in [1.807, 2.05) is 41.5 Å². The number of ether oxygens (including phenoxy) is 2. The molecule has 152 valence electrons. The van der Waals surface area contributed by atoms with E-state index in [2.05, 4.69) is 13.8 Å². The fourth-order valence-corrected chi connectivity index (χ4v) is 8.76. The molecule has 25 heavy (non-hydrogen) atoms. The summed E-state index contributed by atoms with van der Waals surface area (Å²) in [5, 5.41) is 0. The highest BCUT2D eigenvalue weighted by molar-refractivity contribution is 6.62. The lowest BCUT2D eigenvalue weighted by atomic mass is 10.5. The molecule has 0 atom stereocenters. The molecule has 0 aliphatic carbocycles. The molecule has 0 saturated carbocycles. The van der Waals surface area contributed by atoms with Crippen molar-refractivity contribution in [1.82, 2.24) is 0 Å². The summed E-state index contributed by atoms with van der Waals surface area (Å²) >= 11 is 0. The topological polar surface area (TPSA) is 46.2 Å². The first kappa shape index (κ1) is 25.2. The maximum absolute atomic E-state index is 6.24. The van der Waals surface area contributed by atoms with Crippen LogP contribution in [0.25, 0.3) is 0 Å². The molecule has 7 heteroatoms. The smallest absolute Gasteiger partial charge is 0.371 e. The van der Waals surface area contributed by atoms with Gasteiger partial charge in [0.15, 0.2) is 0 Å². The first-order chi connectivity index (χ1) is 11.7. The monoisotopic (exact) mass is 394 g/mol. The molecule has 0 amide bonds. The van der Waals surface area contributed by atoms with E-state index in [0.717, 1.165) is 38.1 Å². The van der Waals surface area contributed by atoms with Crippen molar-refractivity contribution in [2.45, 2.75) is 105 Å². The van der Waals surface area contributed by atoms with Crippen molar-refractivity contribution in [3.05, 3.63) is 0 Å². The van der Waals surface area contributed by atoms with E-state index in [4.69, 9.17) is 22.8 Å². The minimum Gasteiger partial charge on any atom is -0.371 e. The summed E-state index contributed by atoms with van der Waals surface area (Å²) in [7, 11) is -3.24. The zero-order valence-electron chi connectivity index (χ0n) is 17.8. The Morgan fingerprint density at radius 1 is 0.720 bits per heavy atom. The summed E-state index contributed by atoms with van der Waals surface area (Å²) < 4.78 is 30.5. The maximum Gasteiger partial charge on any atom is 0.501 e. The van der Waals surface area contributed by atoms with Gasteiger partial charge in [0.1, 0.15) is 5.91 Å². The summed E-state index contributed by atoms with van der Waals surface area (Å²) in [6.45, 7) is 18.0. The van der Waals surface area contributed by atoms with Crippen molar-refractivity contribution >= 4 is 18.3 Å². The second-order valence-corrected chi connectivity index (χ2v) is 11.8. The van der Waals surface area contributed by atoms with Crippen molar-refractivity contribution < 1.29 is 22.8 Å². The van der Waals surface area contributed by atoms with Gasteiger partial charge in [-0.25, -0.2) is 0 Å². The van der Waals surface area contributed by atoms with Gasteiger partial charge in [-0.3, -0.25) is 0 Å². The van der Waals surface area contributed by atoms with Crippen LogP contribution in [0.1, 0.15) is 68.2 Å². The van der Waals surface area contributed by atoms with Crippen molar-refractivity contribution in [1.29, 1.82) is 0 Å². The zero-order chi connectivity index (χ0) is 19.3. The summed E-state index contributed by atoms with van der Waals surface area (Å²) in [6, 6.07) is 1.88. The SMILES string of the molecule is CCCOC(OCCC)[SiH2]CC[Si](OC(C)C)(OC(C)C)OC(C)C. The van der Waals surface area contributed by atoms with Crippen molar-refractivity contribution in [2.24, 2.45) is 0 Å². The van der Waals surface area contributed by atoms with E-state index in [9.17, 15) is 0 Å². The Morgan fingerprint density at radius 3 is 1.44 bits per heavy atom. The van der Waals surface area contributed by atoms with Gasteiger partial charge in [0.05, 0.1) is 9.52 Å². The van der Waals surface area contributed by atoms with Crippen LogP contribution in [0.3, 0.4) is 0 Å². The minimum absolute atomic E-state index is 0.0104. The molecule has 0 aromatic carbocycles. The Balaban J connectivity index is 4.83. The molecule has 0 rings (SSSR count). The van der Waals surface area contributed by atoms with E-state index in [-0.39, 0.29) is 24.2 Å². The summed E-state index contributed by atoms with van der Waals surface area (Å²) in [4.78, 5) is 0. The van der Waals surface area contributed by atoms with Crippen LogP contribution in [-0.2, 0) is 22.8 Å². The lowest BCUT2D eigenvalue weighted by Crippen LogP contribution is -2.51. The quantitative estimate of drug-likeness (QED) is 0.293. The van der Waals surface area contributed by atoms with Crippen molar-refractivity contribution in [3.63, 3.8) is 0 Å². The lowest BCUT2D eigenvalue weighted by Gasteiger charge is -2.34. The van der Waals surface area contributed by atoms with E-state index in [0.29, 0.717) is 0 Å². The van der Waals surface area contributed by atoms with Crippen molar-refractivity contribution in [2.75, 3.05) is 13.2 Å². The average molecular weight is 395 g/mol. The zero-order valence-corrected chi connectivity index (χ0v) is 20.2. The van der Waals surface area contributed by atoms with Gasteiger partial charge in [-0.15, -0.1) is 0 Å². The molecular weight excluding hydrogens is 352 g/mol. The Kier molecular flexibility index (Phi) is 14.4. The summed E-state index contributed by atoms with van der Waals surface area (Å²) in [5.41, 5.74) is 0. The van der Waals surface area contributed by atoms with Gasteiger partial charge in [-0.05, 0) is 54.4 Å². The molecule has 0 heterocycles. The Labute approximate surface area is 159 Å². The molecule has 0 aromatic heterocycles. The predicted octanol–water partition coefficient (Wildman–Crippen LogP) is 3.92. The molecule has 0 N–H and O–H groups in total. The molecule has 0 unspecified atom stereocenters. The maximum atomic E-state index is 6.24. The molecule has 0 spiro atoms. The minimum atomic E-state index is -2.69. The highest BCUT2D eigenvalue weighted by Gasteiger charge is 2.43. The van der Waals surface area contributed by atoms with Gasteiger partial charge >= 0.3 is 8.80 Å². The standard InChI is InChI=1S/C18H42O5Si2/c1-9-11-19-18(20-12-10-2)24-13-14-25(21-15(3)4,22-16(5)6)23-17(7)8/h15-18H,9-14,24H2,1-8H3. The second kappa shape index (κ2) is 14.3. The summed E-state index contributed by atoms with van der Waals surface area (Å²) in [6.07, 6.45) is 2.31. The van der Waals surface area contributed by atoms with Crippen LogP contribution < -0.4 is 0 Å². The molecule has 0 radical (unpaired) electrons. The number of hydrogen-bond acceptors (Lipinski definition) is 5. The van der Waals surface area contributed by atoms with Gasteiger partial charge in [0.25, 0.3) is 0 Å². The molecular formula is C18H42O5Si2. The molecule has 0 fully saturated rings. The van der Waals surface area contributed by atoms with Gasteiger partial charge in [0.2, 0.25) is 0 Å². The Bertz CT molecular complexity index is 279. The summed E-state index contributed by atoms with van der Waals surface area (Å²) in [5.74, 6) is -0.0104. The highest BCUT2D eigenvalue weighted by Crippen LogP contribution is 2.24. The normalized spacial score (nSPS) is 13.4. The van der Waals surface area contributed by atoms with Crippen LogP contribution in [0.15, 0.2) is 0 Å². The Morgan fingerprint density at radius 2 is 1.12 bits per heavy atom. The van der Waals surface area contributed by atoms with E-state index in [1.54, 1.807) is 0 Å². The lowest BCUT2D eigenvalue weighted by molar-refractivity contribution is -0.0904.